The summed E-state index contributed by atoms with van der Waals surface area (Å²) < 4.78 is 5.37. The second kappa shape index (κ2) is 6.40. The van der Waals surface area contributed by atoms with Crippen LogP contribution in [0.15, 0.2) is 36.5 Å². The maximum Gasteiger partial charge on any atom is 0.124 e. The van der Waals surface area contributed by atoms with Crippen LogP contribution in [0.5, 0.6) is 5.75 Å². The van der Waals surface area contributed by atoms with Gasteiger partial charge < -0.3 is 4.74 Å². The van der Waals surface area contributed by atoms with Crippen LogP contribution in [0, 0.1) is 6.92 Å². The molecule has 2 nitrogen and oxygen atoms in total. The van der Waals surface area contributed by atoms with Crippen LogP contribution in [-0.2, 0) is 6.42 Å². The summed E-state index contributed by atoms with van der Waals surface area (Å²) in [7, 11) is 1.65. The van der Waals surface area contributed by atoms with Crippen LogP contribution in [0.1, 0.15) is 21.6 Å². The predicted octanol–water partition coefficient (Wildman–Crippen LogP) is 4.73. The number of hydrogen-bond donors (Lipinski definition) is 0. The standard InChI is InChI=1S/C15H15BrClNO/c1-10-3-5-12(18-9-10)8-14(16)13-6-4-11(17)7-15(13)19-2/h3-7,9,14H,8H2,1-2H3. The highest BCUT2D eigenvalue weighted by molar-refractivity contribution is 9.09. The van der Waals surface area contributed by atoms with E-state index in [-0.39, 0.29) is 4.83 Å². The van der Waals surface area contributed by atoms with Gasteiger partial charge in [-0.25, -0.2) is 0 Å². The monoisotopic (exact) mass is 339 g/mol. The largest absolute Gasteiger partial charge is 0.496 e. The number of nitrogens with zero attached hydrogens (tertiary/aromatic N) is 1. The third-order valence-corrected chi connectivity index (χ3v) is 3.95. The number of methoxy groups -OCH3 is 1. The summed E-state index contributed by atoms with van der Waals surface area (Å²) in [5.74, 6) is 0.793. The lowest BCUT2D eigenvalue weighted by Gasteiger charge is -2.14. The Morgan fingerprint density at radius 1 is 1.32 bits per heavy atom. The van der Waals surface area contributed by atoms with Crippen molar-refractivity contribution in [1.82, 2.24) is 4.98 Å². The second-order valence-corrected chi connectivity index (χ2v) is 5.93. The molecule has 1 aromatic carbocycles. The maximum absolute atomic E-state index is 5.97. The highest BCUT2D eigenvalue weighted by Crippen LogP contribution is 2.35. The summed E-state index contributed by atoms with van der Waals surface area (Å²) in [6.07, 6.45) is 2.69. The van der Waals surface area contributed by atoms with Crippen molar-refractivity contribution in [2.75, 3.05) is 7.11 Å². The molecule has 0 radical (unpaired) electrons. The molecule has 1 atom stereocenters. The number of alkyl halides is 1. The van der Waals surface area contributed by atoms with E-state index in [1.807, 2.05) is 37.4 Å². The molecule has 0 saturated heterocycles. The minimum atomic E-state index is 0.148. The van der Waals surface area contributed by atoms with Crippen molar-refractivity contribution in [2.45, 2.75) is 18.2 Å². The Morgan fingerprint density at radius 2 is 2.11 bits per heavy atom. The third kappa shape index (κ3) is 3.71. The lowest BCUT2D eigenvalue weighted by atomic mass is 10.1. The topological polar surface area (TPSA) is 22.1 Å². The lowest BCUT2D eigenvalue weighted by Crippen LogP contribution is -2.00. The molecule has 2 aromatic rings. The van der Waals surface area contributed by atoms with Crippen LogP contribution >= 0.6 is 27.5 Å². The average molecular weight is 341 g/mol. The highest BCUT2D eigenvalue weighted by atomic mass is 79.9. The SMILES string of the molecule is COc1cc(Cl)ccc1C(Br)Cc1ccc(C)cn1. The fraction of sp³-hybridized carbons (Fsp3) is 0.267. The normalized spacial score (nSPS) is 12.2. The Kier molecular flexibility index (Phi) is 4.83. The molecule has 1 unspecified atom stereocenters. The van der Waals surface area contributed by atoms with E-state index in [1.54, 1.807) is 7.11 Å². The van der Waals surface area contributed by atoms with Crippen molar-refractivity contribution in [1.29, 1.82) is 0 Å². The molecule has 100 valence electrons. The van der Waals surface area contributed by atoms with Gasteiger partial charge in [-0.2, -0.15) is 0 Å². The summed E-state index contributed by atoms with van der Waals surface area (Å²) in [5, 5.41) is 0.675. The van der Waals surface area contributed by atoms with E-state index in [2.05, 4.69) is 27.0 Å². The van der Waals surface area contributed by atoms with Crippen molar-refractivity contribution in [3.05, 3.63) is 58.4 Å². The number of aryl methyl sites for hydroxylation is 1. The van der Waals surface area contributed by atoms with Gasteiger partial charge in [0, 0.05) is 33.7 Å². The molecule has 0 aliphatic carbocycles. The molecule has 2 rings (SSSR count). The minimum Gasteiger partial charge on any atom is -0.496 e. The van der Waals surface area contributed by atoms with E-state index in [0.29, 0.717) is 5.02 Å². The Balaban J connectivity index is 2.19. The number of rotatable bonds is 4. The molecule has 19 heavy (non-hydrogen) atoms. The van der Waals surface area contributed by atoms with E-state index in [0.717, 1.165) is 23.4 Å². The molecule has 0 aliphatic rings. The maximum atomic E-state index is 5.97. The minimum absolute atomic E-state index is 0.148. The molecular formula is C15H15BrClNO. The Morgan fingerprint density at radius 3 is 2.74 bits per heavy atom. The van der Waals surface area contributed by atoms with E-state index >= 15 is 0 Å². The van der Waals surface area contributed by atoms with Crippen molar-refractivity contribution in [3.63, 3.8) is 0 Å². The van der Waals surface area contributed by atoms with Crippen LogP contribution in [-0.4, -0.2) is 12.1 Å². The first kappa shape index (κ1) is 14.4. The molecule has 1 aromatic heterocycles. The van der Waals surface area contributed by atoms with Gasteiger partial charge in [-0.05, 0) is 30.7 Å². The van der Waals surface area contributed by atoms with Gasteiger partial charge in [0.2, 0.25) is 0 Å². The molecule has 0 N–H and O–H groups in total. The number of halogens is 2. The van der Waals surface area contributed by atoms with Gasteiger partial charge in [-0.15, -0.1) is 0 Å². The molecular weight excluding hydrogens is 326 g/mol. The van der Waals surface area contributed by atoms with Crippen molar-refractivity contribution in [3.8, 4) is 5.75 Å². The molecule has 0 saturated carbocycles. The number of benzene rings is 1. The second-order valence-electron chi connectivity index (χ2n) is 4.38. The smallest absolute Gasteiger partial charge is 0.124 e. The molecule has 0 fully saturated rings. The zero-order valence-corrected chi connectivity index (χ0v) is 13.2. The fourth-order valence-electron chi connectivity index (χ4n) is 1.86. The number of hydrogen-bond acceptors (Lipinski definition) is 2. The molecule has 0 spiro atoms. The van der Waals surface area contributed by atoms with Crippen LogP contribution in [0.2, 0.25) is 5.02 Å². The average Bonchev–Trinajstić information content (AvgIpc) is 2.41. The van der Waals surface area contributed by atoms with Gasteiger partial charge in [-0.3, -0.25) is 4.98 Å². The summed E-state index contributed by atoms with van der Waals surface area (Å²) in [5.41, 5.74) is 3.29. The number of ether oxygens (including phenoxy) is 1. The van der Waals surface area contributed by atoms with Gasteiger partial charge in [-0.1, -0.05) is 39.7 Å². The summed E-state index contributed by atoms with van der Waals surface area (Å²) >= 11 is 9.66. The van der Waals surface area contributed by atoms with Crippen LogP contribution < -0.4 is 4.74 Å². The summed E-state index contributed by atoms with van der Waals surface area (Å²) in [6.45, 7) is 2.03. The van der Waals surface area contributed by atoms with E-state index in [9.17, 15) is 0 Å². The van der Waals surface area contributed by atoms with Crippen LogP contribution in [0.4, 0.5) is 0 Å². The van der Waals surface area contributed by atoms with Crippen molar-refractivity contribution < 1.29 is 4.74 Å². The lowest BCUT2D eigenvalue weighted by molar-refractivity contribution is 0.409. The van der Waals surface area contributed by atoms with Crippen molar-refractivity contribution >= 4 is 27.5 Å². The first-order valence-corrected chi connectivity index (χ1v) is 7.28. The van der Waals surface area contributed by atoms with Crippen LogP contribution in [0.25, 0.3) is 0 Å². The molecule has 0 amide bonds. The summed E-state index contributed by atoms with van der Waals surface area (Å²) in [6, 6.07) is 9.80. The van der Waals surface area contributed by atoms with E-state index < -0.39 is 0 Å². The Bertz CT molecular complexity index is 557. The first-order chi connectivity index (χ1) is 9.10. The van der Waals surface area contributed by atoms with Gasteiger partial charge in [0.05, 0.1) is 7.11 Å². The molecule has 1 heterocycles. The predicted molar refractivity (Wildman–Crippen MR) is 82.4 cm³/mol. The highest BCUT2D eigenvalue weighted by Gasteiger charge is 2.14. The van der Waals surface area contributed by atoms with Crippen molar-refractivity contribution in [2.24, 2.45) is 0 Å². The van der Waals surface area contributed by atoms with E-state index in [1.165, 1.54) is 5.56 Å². The number of aromatic nitrogens is 1. The zero-order chi connectivity index (χ0) is 13.8. The van der Waals surface area contributed by atoms with Gasteiger partial charge in [0.15, 0.2) is 0 Å². The van der Waals surface area contributed by atoms with Gasteiger partial charge in [0.1, 0.15) is 5.75 Å². The van der Waals surface area contributed by atoms with E-state index in [4.69, 9.17) is 16.3 Å². The third-order valence-electron chi connectivity index (χ3n) is 2.89. The zero-order valence-electron chi connectivity index (χ0n) is 10.9. The quantitative estimate of drug-likeness (QED) is 0.751. The molecule has 0 bridgehead atoms. The number of pyridine rings is 1. The Hall–Kier alpha value is -1.06. The van der Waals surface area contributed by atoms with Gasteiger partial charge in [0.25, 0.3) is 0 Å². The molecule has 4 heteroatoms. The summed E-state index contributed by atoms with van der Waals surface area (Å²) in [4.78, 5) is 4.57. The Labute approximate surface area is 126 Å². The molecule has 0 aliphatic heterocycles. The van der Waals surface area contributed by atoms with Crippen LogP contribution in [0.3, 0.4) is 0 Å². The fourth-order valence-corrected chi connectivity index (χ4v) is 2.73. The van der Waals surface area contributed by atoms with Gasteiger partial charge >= 0.3 is 0 Å². The first-order valence-electron chi connectivity index (χ1n) is 5.99.